The van der Waals surface area contributed by atoms with Gasteiger partial charge in [-0.1, -0.05) is 50.5 Å². The van der Waals surface area contributed by atoms with Crippen LogP contribution in [0, 0.1) is 11.8 Å². The van der Waals surface area contributed by atoms with Crippen molar-refractivity contribution in [1.82, 2.24) is 5.32 Å². The van der Waals surface area contributed by atoms with Crippen LogP contribution in [0.1, 0.15) is 68.7 Å². The van der Waals surface area contributed by atoms with Gasteiger partial charge in [-0.05, 0) is 48.8 Å². The lowest BCUT2D eigenvalue weighted by Gasteiger charge is -2.27. The summed E-state index contributed by atoms with van der Waals surface area (Å²) in [5, 5.41) is 3.75. The molecule has 110 valence electrons. The Balaban J connectivity index is 1.50. The van der Waals surface area contributed by atoms with Crippen molar-refractivity contribution < 1.29 is 0 Å². The monoisotopic (exact) mass is 272 g/mol. The smallest absolute Gasteiger partial charge is 0.0341 e. The second kappa shape index (κ2) is 6.28. The lowest BCUT2D eigenvalue weighted by atomic mass is 9.81. The second-order valence-electron chi connectivity index (χ2n) is 6.90. The molecule has 4 atom stereocenters. The topological polar surface area (TPSA) is 38.0 Å². The Morgan fingerprint density at radius 3 is 2.75 bits per heavy atom. The van der Waals surface area contributed by atoms with E-state index in [2.05, 4.69) is 36.5 Å². The summed E-state index contributed by atoms with van der Waals surface area (Å²) < 4.78 is 0. The highest BCUT2D eigenvalue weighted by Gasteiger charge is 2.27. The molecule has 0 aromatic heterocycles. The third-order valence-electron chi connectivity index (χ3n) is 5.25. The van der Waals surface area contributed by atoms with E-state index in [-0.39, 0.29) is 6.04 Å². The van der Waals surface area contributed by atoms with E-state index in [0.717, 1.165) is 24.8 Å². The Kier molecular flexibility index (Phi) is 4.42. The van der Waals surface area contributed by atoms with E-state index in [1.165, 1.54) is 43.2 Å². The van der Waals surface area contributed by atoms with Crippen molar-refractivity contribution in [2.75, 3.05) is 6.54 Å². The van der Waals surface area contributed by atoms with Crippen LogP contribution in [0.15, 0.2) is 24.3 Å². The van der Waals surface area contributed by atoms with Gasteiger partial charge in [0.25, 0.3) is 0 Å². The van der Waals surface area contributed by atoms with Crippen molar-refractivity contribution in [1.29, 1.82) is 0 Å². The standard InChI is InChI=1S/C18H28N2/c1-13-5-4-6-14(11-13)9-10-20-18-12-17(19)15-7-2-3-8-16(15)18/h2-3,7-8,13-14,17-18,20H,4-6,9-12,19H2,1H3. The average molecular weight is 272 g/mol. The van der Waals surface area contributed by atoms with E-state index >= 15 is 0 Å². The summed E-state index contributed by atoms with van der Waals surface area (Å²) in [6.07, 6.45) is 8.13. The van der Waals surface area contributed by atoms with Crippen molar-refractivity contribution in [2.24, 2.45) is 17.6 Å². The van der Waals surface area contributed by atoms with E-state index < -0.39 is 0 Å². The molecule has 2 aliphatic carbocycles. The van der Waals surface area contributed by atoms with Gasteiger partial charge < -0.3 is 11.1 Å². The highest BCUT2D eigenvalue weighted by molar-refractivity contribution is 5.37. The Hall–Kier alpha value is -0.860. The van der Waals surface area contributed by atoms with E-state index in [1.807, 2.05) is 0 Å². The third kappa shape index (κ3) is 3.07. The van der Waals surface area contributed by atoms with E-state index in [0.29, 0.717) is 6.04 Å². The zero-order chi connectivity index (χ0) is 13.9. The van der Waals surface area contributed by atoms with Crippen LogP contribution < -0.4 is 11.1 Å². The molecule has 0 amide bonds. The Morgan fingerprint density at radius 2 is 1.95 bits per heavy atom. The van der Waals surface area contributed by atoms with Gasteiger partial charge in [0.2, 0.25) is 0 Å². The van der Waals surface area contributed by atoms with Crippen LogP contribution in [0.4, 0.5) is 0 Å². The molecule has 0 aliphatic heterocycles. The molecule has 3 N–H and O–H groups in total. The maximum atomic E-state index is 6.23. The summed E-state index contributed by atoms with van der Waals surface area (Å²) in [4.78, 5) is 0. The van der Waals surface area contributed by atoms with Crippen molar-refractivity contribution in [2.45, 2.75) is 57.5 Å². The molecule has 0 radical (unpaired) electrons. The van der Waals surface area contributed by atoms with E-state index in [4.69, 9.17) is 5.73 Å². The quantitative estimate of drug-likeness (QED) is 0.871. The number of benzene rings is 1. The van der Waals surface area contributed by atoms with Crippen LogP contribution in [-0.2, 0) is 0 Å². The van der Waals surface area contributed by atoms with Crippen LogP contribution in [0.5, 0.6) is 0 Å². The fourth-order valence-corrected chi connectivity index (χ4v) is 4.15. The number of hydrogen-bond donors (Lipinski definition) is 2. The first-order valence-electron chi connectivity index (χ1n) is 8.32. The van der Waals surface area contributed by atoms with Crippen molar-refractivity contribution in [3.63, 3.8) is 0 Å². The number of hydrogen-bond acceptors (Lipinski definition) is 2. The molecule has 0 spiro atoms. The molecule has 1 fully saturated rings. The van der Waals surface area contributed by atoms with Gasteiger partial charge in [-0.2, -0.15) is 0 Å². The van der Waals surface area contributed by atoms with Gasteiger partial charge in [-0.25, -0.2) is 0 Å². The zero-order valence-corrected chi connectivity index (χ0v) is 12.6. The summed E-state index contributed by atoms with van der Waals surface area (Å²) in [7, 11) is 0. The van der Waals surface area contributed by atoms with Crippen LogP contribution in [0.3, 0.4) is 0 Å². The molecule has 0 bridgehead atoms. The molecule has 4 unspecified atom stereocenters. The molecule has 1 aromatic rings. The fraction of sp³-hybridized carbons (Fsp3) is 0.667. The summed E-state index contributed by atoms with van der Waals surface area (Å²) in [6.45, 7) is 3.55. The molecule has 0 heterocycles. The molecule has 1 saturated carbocycles. The van der Waals surface area contributed by atoms with Crippen LogP contribution in [-0.4, -0.2) is 6.54 Å². The lowest BCUT2D eigenvalue weighted by molar-refractivity contribution is 0.264. The maximum Gasteiger partial charge on any atom is 0.0341 e. The highest BCUT2D eigenvalue weighted by Crippen LogP contribution is 2.37. The fourth-order valence-electron chi connectivity index (χ4n) is 4.15. The summed E-state index contributed by atoms with van der Waals surface area (Å²) >= 11 is 0. The Labute approximate surface area is 123 Å². The maximum absolute atomic E-state index is 6.23. The minimum absolute atomic E-state index is 0.221. The van der Waals surface area contributed by atoms with Gasteiger partial charge >= 0.3 is 0 Å². The number of nitrogens with one attached hydrogen (secondary N) is 1. The number of rotatable bonds is 4. The van der Waals surface area contributed by atoms with Crippen molar-refractivity contribution >= 4 is 0 Å². The Morgan fingerprint density at radius 1 is 1.15 bits per heavy atom. The largest absolute Gasteiger partial charge is 0.324 e. The van der Waals surface area contributed by atoms with Gasteiger partial charge in [0.05, 0.1) is 0 Å². The average Bonchev–Trinajstić information content (AvgIpc) is 2.77. The predicted octanol–water partition coefficient (Wildman–Crippen LogP) is 3.94. The first-order valence-corrected chi connectivity index (χ1v) is 8.32. The highest BCUT2D eigenvalue weighted by atomic mass is 14.9. The lowest BCUT2D eigenvalue weighted by Crippen LogP contribution is -2.24. The molecule has 20 heavy (non-hydrogen) atoms. The molecular weight excluding hydrogens is 244 g/mol. The van der Waals surface area contributed by atoms with Crippen LogP contribution >= 0.6 is 0 Å². The summed E-state index contributed by atoms with van der Waals surface area (Å²) in [5.41, 5.74) is 9.00. The molecule has 0 saturated heterocycles. The van der Waals surface area contributed by atoms with Gasteiger partial charge in [-0.15, -0.1) is 0 Å². The predicted molar refractivity (Wildman–Crippen MR) is 84.5 cm³/mol. The van der Waals surface area contributed by atoms with Crippen molar-refractivity contribution in [3.8, 4) is 0 Å². The van der Waals surface area contributed by atoms with Crippen LogP contribution in [0.2, 0.25) is 0 Å². The second-order valence-corrected chi connectivity index (χ2v) is 6.90. The zero-order valence-electron chi connectivity index (χ0n) is 12.6. The van der Waals surface area contributed by atoms with Gasteiger partial charge in [0.15, 0.2) is 0 Å². The molecule has 2 nitrogen and oxygen atoms in total. The molecule has 2 aliphatic rings. The summed E-state index contributed by atoms with van der Waals surface area (Å²) in [6, 6.07) is 9.35. The first kappa shape index (κ1) is 14.1. The minimum Gasteiger partial charge on any atom is -0.324 e. The van der Waals surface area contributed by atoms with Crippen LogP contribution in [0.25, 0.3) is 0 Å². The Bertz CT molecular complexity index is 443. The van der Waals surface area contributed by atoms with Gasteiger partial charge in [0.1, 0.15) is 0 Å². The third-order valence-corrected chi connectivity index (χ3v) is 5.25. The van der Waals surface area contributed by atoms with Crippen molar-refractivity contribution in [3.05, 3.63) is 35.4 Å². The molecule has 3 rings (SSSR count). The molecule has 1 aromatic carbocycles. The molecule has 2 heteroatoms. The van der Waals surface area contributed by atoms with E-state index in [9.17, 15) is 0 Å². The van der Waals surface area contributed by atoms with Gasteiger partial charge in [0, 0.05) is 12.1 Å². The summed E-state index contributed by atoms with van der Waals surface area (Å²) in [5.74, 6) is 1.88. The SMILES string of the molecule is CC1CCCC(CCNC2CC(N)c3ccccc32)C1. The number of fused-ring (bicyclic) bond motifs is 1. The normalized spacial score (nSPS) is 33.1. The number of nitrogens with two attached hydrogens (primary N) is 1. The van der Waals surface area contributed by atoms with Gasteiger partial charge in [-0.3, -0.25) is 0 Å². The van der Waals surface area contributed by atoms with E-state index in [1.54, 1.807) is 0 Å². The molecular formula is C18H28N2. The minimum atomic E-state index is 0.221. The first-order chi connectivity index (χ1) is 9.74.